The average Bonchev–Trinajstić information content (AvgIpc) is 2.81. The van der Waals surface area contributed by atoms with Gasteiger partial charge in [0.15, 0.2) is 11.6 Å². The van der Waals surface area contributed by atoms with Gasteiger partial charge >= 0.3 is 5.97 Å². The van der Waals surface area contributed by atoms with Gasteiger partial charge in [0.25, 0.3) is 0 Å². The Kier molecular flexibility index (Phi) is 3.71. The molecule has 6 heteroatoms. The molecule has 1 aliphatic rings. The third-order valence-electron chi connectivity index (χ3n) is 3.60. The molecule has 2 rings (SSSR count). The smallest absolute Gasteiger partial charge is 0.338 e. The van der Waals surface area contributed by atoms with E-state index in [2.05, 4.69) is 0 Å². The van der Waals surface area contributed by atoms with Crippen molar-refractivity contribution in [2.24, 2.45) is 11.7 Å². The number of halogens is 2. The van der Waals surface area contributed by atoms with E-state index in [1.54, 1.807) is 4.90 Å². The minimum absolute atomic E-state index is 0.00352. The zero-order valence-electron chi connectivity index (χ0n) is 10.6. The molecule has 0 spiro atoms. The molecule has 104 valence electrons. The van der Waals surface area contributed by atoms with Crippen molar-refractivity contribution in [3.8, 4) is 0 Å². The third-order valence-corrected chi connectivity index (χ3v) is 3.60. The van der Waals surface area contributed by atoms with Crippen LogP contribution in [0.2, 0.25) is 0 Å². The van der Waals surface area contributed by atoms with Gasteiger partial charge in [-0.05, 0) is 31.4 Å². The van der Waals surface area contributed by atoms with Crippen LogP contribution in [-0.2, 0) is 0 Å². The Labute approximate surface area is 109 Å². The highest BCUT2D eigenvalue weighted by molar-refractivity contribution is 5.88. The van der Waals surface area contributed by atoms with Gasteiger partial charge in [0.05, 0.1) is 11.3 Å². The number of aromatic carboxylic acids is 1. The summed E-state index contributed by atoms with van der Waals surface area (Å²) in [6.45, 7) is 3.04. The summed E-state index contributed by atoms with van der Waals surface area (Å²) in [5.74, 6) is -3.65. The molecule has 19 heavy (non-hydrogen) atoms. The van der Waals surface area contributed by atoms with E-state index in [1.807, 2.05) is 6.92 Å². The molecule has 2 unspecified atom stereocenters. The molecule has 0 aromatic heterocycles. The number of nitrogens with two attached hydrogens (primary N) is 1. The highest BCUT2D eigenvalue weighted by atomic mass is 19.2. The van der Waals surface area contributed by atoms with E-state index in [1.165, 1.54) is 6.07 Å². The van der Waals surface area contributed by atoms with Crippen molar-refractivity contribution in [2.75, 3.05) is 18.0 Å². The lowest BCUT2D eigenvalue weighted by molar-refractivity contribution is 0.0690. The van der Waals surface area contributed by atoms with Gasteiger partial charge < -0.3 is 15.7 Å². The van der Waals surface area contributed by atoms with Gasteiger partial charge in [0.1, 0.15) is 0 Å². The summed E-state index contributed by atoms with van der Waals surface area (Å²) in [4.78, 5) is 12.4. The molecular weight excluding hydrogens is 254 g/mol. The van der Waals surface area contributed by atoms with Crippen LogP contribution in [0.1, 0.15) is 23.7 Å². The second-order valence-corrected chi connectivity index (χ2v) is 4.92. The minimum Gasteiger partial charge on any atom is -0.478 e. The summed E-state index contributed by atoms with van der Waals surface area (Å²) in [6.07, 6.45) is 0.819. The molecule has 1 aliphatic heterocycles. The van der Waals surface area contributed by atoms with Gasteiger partial charge in [-0.1, -0.05) is 0 Å². The van der Waals surface area contributed by atoms with E-state index in [-0.39, 0.29) is 17.6 Å². The number of carboxylic acids is 1. The lowest BCUT2D eigenvalue weighted by Crippen LogP contribution is -2.30. The molecule has 4 nitrogen and oxygen atoms in total. The van der Waals surface area contributed by atoms with Gasteiger partial charge in [-0.3, -0.25) is 0 Å². The zero-order valence-corrected chi connectivity index (χ0v) is 10.6. The molecule has 1 aromatic rings. The van der Waals surface area contributed by atoms with E-state index >= 15 is 0 Å². The van der Waals surface area contributed by atoms with Crippen molar-refractivity contribution in [3.05, 3.63) is 29.3 Å². The van der Waals surface area contributed by atoms with E-state index < -0.39 is 23.2 Å². The molecule has 0 radical (unpaired) electrons. The zero-order chi connectivity index (χ0) is 14.2. The topological polar surface area (TPSA) is 66.6 Å². The van der Waals surface area contributed by atoms with E-state index in [4.69, 9.17) is 10.8 Å². The number of hydrogen-bond acceptors (Lipinski definition) is 3. The van der Waals surface area contributed by atoms with Crippen LogP contribution in [-0.4, -0.2) is 30.2 Å². The number of benzene rings is 1. The normalized spacial score (nSPS) is 20.6. The maximum Gasteiger partial charge on any atom is 0.338 e. The number of nitrogens with zero attached hydrogens (tertiary/aromatic N) is 1. The first-order chi connectivity index (χ1) is 8.91. The van der Waals surface area contributed by atoms with Crippen LogP contribution in [0.3, 0.4) is 0 Å². The monoisotopic (exact) mass is 270 g/mol. The Hall–Kier alpha value is -1.69. The second-order valence-electron chi connectivity index (χ2n) is 4.92. The Balaban J connectivity index is 2.28. The molecule has 0 amide bonds. The van der Waals surface area contributed by atoms with Gasteiger partial charge in [0.2, 0.25) is 0 Å². The largest absolute Gasteiger partial charge is 0.478 e. The molecule has 0 aliphatic carbocycles. The van der Waals surface area contributed by atoms with Gasteiger partial charge in [-0.15, -0.1) is 0 Å². The fourth-order valence-electron chi connectivity index (χ4n) is 2.38. The number of hydrogen-bond donors (Lipinski definition) is 2. The predicted octanol–water partition coefficient (Wildman–Crippen LogP) is 1.84. The first kappa shape index (κ1) is 13.7. The fraction of sp³-hybridized carbons (Fsp3) is 0.462. The fourth-order valence-corrected chi connectivity index (χ4v) is 2.38. The van der Waals surface area contributed by atoms with Crippen LogP contribution in [0.5, 0.6) is 0 Å². The maximum atomic E-state index is 13.9. The SMILES string of the molecule is CC(N)C1CCN(c2ccc(C(=O)O)c(F)c2F)C1. The highest BCUT2D eigenvalue weighted by Gasteiger charge is 2.28. The standard InChI is InChI=1S/C13H16F2N2O2/c1-7(16)8-4-5-17(6-8)10-3-2-9(13(18)19)11(14)12(10)15/h2-3,7-8H,4-6,16H2,1H3,(H,18,19). The molecular formula is C13H16F2N2O2. The van der Waals surface area contributed by atoms with Crippen molar-refractivity contribution < 1.29 is 18.7 Å². The van der Waals surface area contributed by atoms with Crippen LogP contribution >= 0.6 is 0 Å². The molecule has 0 bridgehead atoms. The van der Waals surface area contributed by atoms with Crippen LogP contribution < -0.4 is 10.6 Å². The summed E-state index contributed by atoms with van der Waals surface area (Å²) in [5, 5.41) is 8.72. The second kappa shape index (κ2) is 5.13. The van der Waals surface area contributed by atoms with Gasteiger partial charge in [-0.25, -0.2) is 13.6 Å². The van der Waals surface area contributed by atoms with Crippen molar-refractivity contribution in [1.82, 2.24) is 0 Å². The molecule has 1 aromatic carbocycles. The highest BCUT2D eigenvalue weighted by Crippen LogP contribution is 2.29. The Morgan fingerprint density at radius 1 is 1.47 bits per heavy atom. The summed E-state index contributed by atoms with van der Waals surface area (Å²) in [7, 11) is 0. The number of carbonyl (C=O) groups is 1. The predicted molar refractivity (Wildman–Crippen MR) is 67.3 cm³/mol. The van der Waals surface area contributed by atoms with E-state index in [0.29, 0.717) is 13.1 Å². The lowest BCUT2D eigenvalue weighted by atomic mass is 10.0. The molecule has 1 fully saturated rings. The van der Waals surface area contributed by atoms with Crippen molar-refractivity contribution in [1.29, 1.82) is 0 Å². The molecule has 0 saturated carbocycles. The number of anilines is 1. The Morgan fingerprint density at radius 3 is 2.68 bits per heavy atom. The van der Waals surface area contributed by atoms with E-state index in [9.17, 15) is 13.6 Å². The van der Waals surface area contributed by atoms with E-state index in [0.717, 1.165) is 12.5 Å². The third kappa shape index (κ3) is 2.53. The van der Waals surface area contributed by atoms with Crippen LogP contribution in [0.15, 0.2) is 12.1 Å². The summed E-state index contributed by atoms with van der Waals surface area (Å²) in [6, 6.07) is 2.40. The molecule has 1 heterocycles. The lowest BCUT2D eigenvalue weighted by Gasteiger charge is -2.21. The maximum absolute atomic E-state index is 13.9. The van der Waals surface area contributed by atoms with Crippen molar-refractivity contribution >= 4 is 11.7 Å². The van der Waals surface area contributed by atoms with Crippen LogP contribution in [0.25, 0.3) is 0 Å². The Bertz CT molecular complexity index is 506. The van der Waals surface area contributed by atoms with Gasteiger partial charge in [-0.2, -0.15) is 0 Å². The number of rotatable bonds is 3. The van der Waals surface area contributed by atoms with Crippen LogP contribution in [0.4, 0.5) is 14.5 Å². The molecule has 1 saturated heterocycles. The average molecular weight is 270 g/mol. The van der Waals surface area contributed by atoms with Crippen molar-refractivity contribution in [3.63, 3.8) is 0 Å². The first-order valence-electron chi connectivity index (χ1n) is 6.13. The first-order valence-corrected chi connectivity index (χ1v) is 6.13. The van der Waals surface area contributed by atoms with Crippen LogP contribution in [0, 0.1) is 17.6 Å². The Morgan fingerprint density at radius 2 is 2.16 bits per heavy atom. The van der Waals surface area contributed by atoms with Gasteiger partial charge in [0, 0.05) is 19.1 Å². The summed E-state index contributed by atoms with van der Waals surface area (Å²) >= 11 is 0. The summed E-state index contributed by atoms with van der Waals surface area (Å²) in [5.41, 5.74) is 5.25. The molecule has 2 atom stereocenters. The molecule has 3 N–H and O–H groups in total. The quantitative estimate of drug-likeness (QED) is 0.879. The number of carboxylic acid groups (broad SMARTS) is 1. The minimum atomic E-state index is -1.47. The van der Waals surface area contributed by atoms with Crippen molar-refractivity contribution in [2.45, 2.75) is 19.4 Å². The summed E-state index contributed by atoms with van der Waals surface area (Å²) < 4.78 is 27.5.